The van der Waals surface area contributed by atoms with Gasteiger partial charge in [0.15, 0.2) is 0 Å². The molecule has 27 heavy (non-hydrogen) atoms. The molecule has 3 unspecified atom stereocenters. The van der Waals surface area contributed by atoms with E-state index in [1.54, 1.807) is 0 Å². The molecule has 3 aliphatic rings. The first-order valence-corrected chi connectivity index (χ1v) is 12.2. The van der Waals surface area contributed by atoms with Crippen molar-refractivity contribution in [1.82, 2.24) is 9.62 Å². The molecule has 1 saturated heterocycles. The van der Waals surface area contributed by atoms with E-state index < -0.39 is 10.0 Å². The fourth-order valence-electron chi connectivity index (χ4n) is 4.72. The quantitative estimate of drug-likeness (QED) is 0.840. The van der Waals surface area contributed by atoms with Gasteiger partial charge in [0.25, 0.3) is 0 Å². The third-order valence-corrected chi connectivity index (χ3v) is 7.23. The van der Waals surface area contributed by atoms with Crippen LogP contribution < -0.4 is 4.72 Å². The van der Waals surface area contributed by atoms with Gasteiger partial charge in [0.2, 0.25) is 15.9 Å². The molecule has 2 saturated carbocycles. The van der Waals surface area contributed by atoms with Crippen molar-refractivity contribution in [3.8, 4) is 0 Å². The summed E-state index contributed by atoms with van der Waals surface area (Å²) in [7, 11) is -3.19. The van der Waals surface area contributed by atoms with Gasteiger partial charge in [-0.25, -0.2) is 13.1 Å². The van der Waals surface area contributed by atoms with Crippen molar-refractivity contribution in [2.45, 2.75) is 62.8 Å². The third-order valence-electron chi connectivity index (χ3n) is 6.47. The number of benzene rings is 1. The second kappa shape index (κ2) is 7.55. The number of amides is 1. The fourth-order valence-corrected chi connectivity index (χ4v) is 5.56. The van der Waals surface area contributed by atoms with E-state index >= 15 is 0 Å². The Bertz CT molecular complexity index is 803. The molecule has 5 nitrogen and oxygen atoms in total. The lowest BCUT2D eigenvalue weighted by molar-refractivity contribution is -0.132. The number of nitrogens with one attached hydrogen (secondary N) is 1. The summed E-state index contributed by atoms with van der Waals surface area (Å²) in [6, 6.07) is 8.66. The van der Waals surface area contributed by atoms with Crippen molar-refractivity contribution >= 4 is 15.9 Å². The monoisotopic (exact) mass is 390 g/mol. The number of hydrogen-bond acceptors (Lipinski definition) is 3. The zero-order valence-electron chi connectivity index (χ0n) is 16.1. The van der Waals surface area contributed by atoms with Gasteiger partial charge in [-0.2, -0.15) is 0 Å². The van der Waals surface area contributed by atoms with E-state index in [-0.39, 0.29) is 17.9 Å². The van der Waals surface area contributed by atoms with Crippen LogP contribution in [0.15, 0.2) is 24.3 Å². The van der Waals surface area contributed by atoms with Crippen LogP contribution in [-0.4, -0.2) is 44.6 Å². The van der Waals surface area contributed by atoms with Crippen LogP contribution in [0.3, 0.4) is 0 Å². The molecular formula is C21H30N2O3S. The summed E-state index contributed by atoms with van der Waals surface area (Å²) < 4.78 is 25.6. The van der Waals surface area contributed by atoms with Gasteiger partial charge in [0.05, 0.1) is 6.26 Å². The van der Waals surface area contributed by atoms with Crippen molar-refractivity contribution < 1.29 is 13.2 Å². The van der Waals surface area contributed by atoms with Gasteiger partial charge in [-0.3, -0.25) is 4.79 Å². The van der Waals surface area contributed by atoms with Gasteiger partial charge in [0.1, 0.15) is 0 Å². The number of likely N-dealkylation sites (tertiary alicyclic amines) is 1. The number of carbonyl (C=O) groups excluding carboxylic acids is 1. The highest BCUT2D eigenvalue weighted by atomic mass is 32.2. The minimum atomic E-state index is -3.19. The van der Waals surface area contributed by atoms with Gasteiger partial charge in [-0.1, -0.05) is 30.7 Å². The van der Waals surface area contributed by atoms with Crippen LogP contribution in [0, 0.1) is 5.92 Å². The Balaban J connectivity index is 1.38. The largest absolute Gasteiger partial charge is 0.342 e. The molecule has 0 spiro atoms. The highest BCUT2D eigenvalue weighted by Crippen LogP contribution is 2.52. The number of sulfonamides is 1. The van der Waals surface area contributed by atoms with Gasteiger partial charge in [-0.15, -0.1) is 0 Å². The maximum atomic E-state index is 13.0. The Labute approximate surface area is 162 Å². The Morgan fingerprint density at radius 1 is 1.04 bits per heavy atom. The van der Waals surface area contributed by atoms with Crippen molar-refractivity contribution in [2.24, 2.45) is 5.92 Å². The van der Waals surface area contributed by atoms with Gasteiger partial charge < -0.3 is 4.90 Å². The van der Waals surface area contributed by atoms with Gasteiger partial charge >= 0.3 is 0 Å². The third kappa shape index (κ3) is 4.37. The standard InChI is InChI=1S/C21H30N2O3S/c1-27(25,26)22-16-8-5-12-23(13-11-16)21(24)20-14-19(20)18-10-3-2-9-17(18)15-6-4-7-15/h2-3,9-10,15-16,19-20,22H,4-8,11-14H2,1H3. The summed E-state index contributed by atoms with van der Waals surface area (Å²) in [5.74, 6) is 1.45. The minimum Gasteiger partial charge on any atom is -0.342 e. The lowest BCUT2D eigenvalue weighted by Gasteiger charge is -2.28. The molecule has 1 aromatic carbocycles. The summed E-state index contributed by atoms with van der Waals surface area (Å²) in [4.78, 5) is 15.0. The summed E-state index contributed by atoms with van der Waals surface area (Å²) in [5, 5.41) is 0. The van der Waals surface area contributed by atoms with Crippen LogP contribution >= 0.6 is 0 Å². The second-order valence-electron chi connectivity index (χ2n) is 8.55. The molecule has 1 aromatic rings. The zero-order chi connectivity index (χ0) is 19.0. The van der Waals surface area contributed by atoms with Crippen LogP contribution in [-0.2, 0) is 14.8 Å². The first-order valence-electron chi connectivity index (χ1n) is 10.3. The van der Waals surface area contributed by atoms with Crippen molar-refractivity contribution in [2.75, 3.05) is 19.3 Å². The first kappa shape index (κ1) is 18.9. The molecule has 1 amide bonds. The van der Waals surface area contributed by atoms with Crippen LogP contribution in [0.2, 0.25) is 0 Å². The predicted octanol–water partition coefficient (Wildman–Crippen LogP) is 2.99. The smallest absolute Gasteiger partial charge is 0.226 e. The van der Waals surface area contributed by atoms with Crippen LogP contribution in [0.5, 0.6) is 0 Å². The van der Waals surface area contributed by atoms with E-state index in [1.165, 1.54) is 36.6 Å². The fraction of sp³-hybridized carbons (Fsp3) is 0.667. The maximum Gasteiger partial charge on any atom is 0.226 e. The lowest BCUT2D eigenvalue weighted by Crippen LogP contribution is -2.36. The summed E-state index contributed by atoms with van der Waals surface area (Å²) in [6.07, 6.45) is 8.41. The summed E-state index contributed by atoms with van der Waals surface area (Å²) in [5.41, 5.74) is 2.87. The van der Waals surface area contributed by atoms with Crippen molar-refractivity contribution in [1.29, 1.82) is 0 Å². The van der Waals surface area contributed by atoms with Crippen molar-refractivity contribution in [3.63, 3.8) is 0 Å². The van der Waals surface area contributed by atoms with E-state index in [4.69, 9.17) is 0 Å². The number of hydrogen-bond donors (Lipinski definition) is 1. The zero-order valence-corrected chi connectivity index (χ0v) is 16.9. The first-order chi connectivity index (χ1) is 12.9. The molecule has 1 heterocycles. The van der Waals surface area contributed by atoms with Crippen LogP contribution in [0.1, 0.15) is 67.9 Å². The molecule has 4 rings (SSSR count). The molecular weight excluding hydrogens is 360 g/mol. The molecule has 0 aromatic heterocycles. The number of nitrogens with zero attached hydrogens (tertiary/aromatic N) is 1. The molecule has 1 aliphatic heterocycles. The molecule has 3 atom stereocenters. The minimum absolute atomic E-state index is 0.0489. The number of rotatable bonds is 5. The van der Waals surface area contributed by atoms with E-state index in [9.17, 15) is 13.2 Å². The van der Waals surface area contributed by atoms with E-state index in [0.717, 1.165) is 25.8 Å². The summed E-state index contributed by atoms with van der Waals surface area (Å²) in [6.45, 7) is 1.40. The van der Waals surface area contributed by atoms with Crippen molar-refractivity contribution in [3.05, 3.63) is 35.4 Å². The maximum absolute atomic E-state index is 13.0. The van der Waals surface area contributed by atoms with Gasteiger partial charge in [0, 0.05) is 25.0 Å². The van der Waals surface area contributed by atoms with Crippen LogP contribution in [0.4, 0.5) is 0 Å². The highest BCUT2D eigenvalue weighted by Gasteiger charge is 2.47. The average Bonchev–Trinajstić information content (AvgIpc) is 3.36. The Morgan fingerprint density at radius 2 is 1.78 bits per heavy atom. The Hall–Kier alpha value is -1.40. The molecule has 0 radical (unpaired) electrons. The molecule has 3 fully saturated rings. The molecule has 0 bridgehead atoms. The summed E-state index contributed by atoms with van der Waals surface area (Å²) >= 11 is 0. The van der Waals surface area contributed by atoms with E-state index in [1.807, 2.05) is 4.90 Å². The van der Waals surface area contributed by atoms with Crippen LogP contribution in [0.25, 0.3) is 0 Å². The average molecular weight is 391 g/mol. The highest BCUT2D eigenvalue weighted by molar-refractivity contribution is 7.88. The molecule has 6 heteroatoms. The molecule has 2 aliphatic carbocycles. The van der Waals surface area contributed by atoms with E-state index in [2.05, 4.69) is 29.0 Å². The molecule has 148 valence electrons. The second-order valence-corrected chi connectivity index (χ2v) is 10.3. The topological polar surface area (TPSA) is 66.5 Å². The Kier molecular flexibility index (Phi) is 5.30. The lowest BCUT2D eigenvalue weighted by atomic mass is 9.77. The van der Waals surface area contributed by atoms with Gasteiger partial charge in [-0.05, 0) is 61.5 Å². The predicted molar refractivity (Wildman–Crippen MR) is 106 cm³/mol. The normalized spacial score (nSPS) is 29.1. The molecule has 1 N–H and O–H groups in total. The van der Waals surface area contributed by atoms with E-state index in [0.29, 0.717) is 24.8 Å². The Morgan fingerprint density at radius 3 is 2.44 bits per heavy atom. The number of carbonyl (C=O) groups is 1. The SMILES string of the molecule is CS(=O)(=O)NC1CCCN(C(=O)C2CC2c2ccccc2C2CCC2)CC1.